The summed E-state index contributed by atoms with van der Waals surface area (Å²) in [4.78, 5) is 11.3. The van der Waals surface area contributed by atoms with Crippen LogP contribution in [0.2, 0.25) is 0 Å². The van der Waals surface area contributed by atoms with Crippen molar-refractivity contribution in [3.05, 3.63) is 102 Å². The lowest BCUT2D eigenvalue weighted by Crippen LogP contribution is -2.03. The van der Waals surface area contributed by atoms with Gasteiger partial charge in [-0.05, 0) is 52.8 Å². The van der Waals surface area contributed by atoms with E-state index in [2.05, 4.69) is 55.1 Å². The van der Waals surface area contributed by atoms with Crippen LogP contribution in [-0.4, -0.2) is 5.97 Å². The zero-order chi connectivity index (χ0) is 17.9. The maximum atomic E-state index is 11.3. The molecule has 0 N–H and O–H groups in total. The highest BCUT2D eigenvalue weighted by Gasteiger charge is 2.25. The van der Waals surface area contributed by atoms with E-state index in [1.165, 1.54) is 28.3 Å². The molecule has 0 saturated carbocycles. The molecule has 4 rings (SSSR count). The Labute approximate surface area is 153 Å². The second-order valence-corrected chi connectivity index (χ2v) is 6.53. The molecule has 0 spiro atoms. The molecule has 26 heavy (non-hydrogen) atoms. The van der Waals surface area contributed by atoms with Crippen molar-refractivity contribution in [2.75, 3.05) is 0 Å². The summed E-state index contributed by atoms with van der Waals surface area (Å²) in [5, 5.41) is 0. The SMILES string of the molecule is C=CC(=O)Oc1ccc(-c2ccccc2C2CCc3ccccc32)cc1. The minimum Gasteiger partial charge on any atom is -0.423 e. The fraction of sp³-hybridized carbons (Fsp3) is 0.125. The molecule has 0 saturated heterocycles. The predicted octanol–water partition coefficient (Wildman–Crippen LogP) is 5.52. The number of carbonyl (C=O) groups excluding carboxylic acids is 1. The van der Waals surface area contributed by atoms with Gasteiger partial charge in [0.2, 0.25) is 0 Å². The molecule has 2 nitrogen and oxygen atoms in total. The molecule has 0 bridgehead atoms. The highest BCUT2D eigenvalue weighted by molar-refractivity contribution is 5.83. The van der Waals surface area contributed by atoms with Crippen LogP contribution < -0.4 is 4.74 Å². The number of hydrogen-bond donors (Lipinski definition) is 0. The molecule has 3 aromatic carbocycles. The van der Waals surface area contributed by atoms with Crippen molar-refractivity contribution < 1.29 is 9.53 Å². The van der Waals surface area contributed by atoms with E-state index in [1.54, 1.807) is 0 Å². The Morgan fingerprint density at radius 1 is 0.923 bits per heavy atom. The Hall–Kier alpha value is -3.13. The molecule has 3 aromatic rings. The average Bonchev–Trinajstić information content (AvgIpc) is 3.12. The smallest absolute Gasteiger partial charge is 0.335 e. The second kappa shape index (κ2) is 7.01. The molecule has 1 aliphatic carbocycles. The van der Waals surface area contributed by atoms with Gasteiger partial charge in [-0.25, -0.2) is 4.79 Å². The Bertz CT molecular complexity index is 954. The lowest BCUT2D eigenvalue weighted by atomic mass is 9.87. The monoisotopic (exact) mass is 340 g/mol. The molecular formula is C24H20O2. The molecule has 1 atom stereocenters. The molecule has 2 heteroatoms. The number of fused-ring (bicyclic) bond motifs is 1. The van der Waals surface area contributed by atoms with Crippen LogP contribution in [0.1, 0.15) is 29.0 Å². The topological polar surface area (TPSA) is 26.3 Å². The largest absolute Gasteiger partial charge is 0.423 e. The summed E-state index contributed by atoms with van der Waals surface area (Å²) in [5.41, 5.74) is 6.61. The van der Waals surface area contributed by atoms with Gasteiger partial charge in [0, 0.05) is 12.0 Å². The molecule has 0 radical (unpaired) electrons. The minimum absolute atomic E-state index is 0.431. The van der Waals surface area contributed by atoms with Crippen molar-refractivity contribution in [2.24, 2.45) is 0 Å². The maximum Gasteiger partial charge on any atom is 0.335 e. The maximum absolute atomic E-state index is 11.3. The van der Waals surface area contributed by atoms with Gasteiger partial charge >= 0.3 is 5.97 Å². The number of hydrogen-bond acceptors (Lipinski definition) is 2. The van der Waals surface area contributed by atoms with Crippen molar-refractivity contribution in [2.45, 2.75) is 18.8 Å². The summed E-state index contributed by atoms with van der Waals surface area (Å²) in [6.07, 6.45) is 3.44. The van der Waals surface area contributed by atoms with Gasteiger partial charge in [-0.1, -0.05) is 67.2 Å². The van der Waals surface area contributed by atoms with Crippen LogP contribution in [0.15, 0.2) is 85.5 Å². The Morgan fingerprint density at radius 3 is 2.38 bits per heavy atom. The van der Waals surface area contributed by atoms with Gasteiger partial charge in [0.05, 0.1) is 0 Å². The van der Waals surface area contributed by atoms with E-state index < -0.39 is 5.97 Å². The van der Waals surface area contributed by atoms with E-state index in [4.69, 9.17) is 4.74 Å². The normalized spacial score (nSPS) is 15.3. The lowest BCUT2D eigenvalue weighted by molar-refractivity contribution is -0.128. The van der Waals surface area contributed by atoms with Crippen molar-refractivity contribution in [3.8, 4) is 16.9 Å². The van der Waals surface area contributed by atoms with Gasteiger partial charge in [0.1, 0.15) is 5.75 Å². The summed E-state index contributed by atoms with van der Waals surface area (Å²) in [5.74, 6) is 0.517. The van der Waals surface area contributed by atoms with Crippen LogP contribution in [0.3, 0.4) is 0 Å². The fourth-order valence-corrected chi connectivity index (χ4v) is 3.80. The van der Waals surface area contributed by atoms with Gasteiger partial charge in [-0.2, -0.15) is 0 Å². The van der Waals surface area contributed by atoms with Crippen LogP contribution in [-0.2, 0) is 11.2 Å². The first-order valence-electron chi connectivity index (χ1n) is 8.87. The zero-order valence-corrected chi connectivity index (χ0v) is 14.5. The zero-order valence-electron chi connectivity index (χ0n) is 14.5. The number of carbonyl (C=O) groups is 1. The first-order chi connectivity index (χ1) is 12.8. The van der Waals surface area contributed by atoms with Crippen LogP contribution in [0.5, 0.6) is 5.75 Å². The molecule has 0 heterocycles. The van der Waals surface area contributed by atoms with Crippen molar-refractivity contribution in [3.63, 3.8) is 0 Å². The van der Waals surface area contributed by atoms with E-state index in [0.717, 1.165) is 18.4 Å². The third-order valence-electron chi connectivity index (χ3n) is 5.02. The second-order valence-electron chi connectivity index (χ2n) is 6.53. The van der Waals surface area contributed by atoms with Gasteiger partial charge in [0.25, 0.3) is 0 Å². The predicted molar refractivity (Wildman–Crippen MR) is 104 cm³/mol. The standard InChI is InChI=1S/C24H20O2/c1-2-24(25)26-19-14-11-18(12-15-19)21-9-5-6-10-22(21)23-16-13-17-7-3-4-8-20(17)23/h2-12,14-15,23H,1,13,16H2. The molecular weight excluding hydrogens is 320 g/mol. The molecule has 0 aliphatic heterocycles. The van der Waals surface area contributed by atoms with Crippen LogP contribution in [0.4, 0.5) is 0 Å². The summed E-state index contributed by atoms with van der Waals surface area (Å²) >= 11 is 0. The van der Waals surface area contributed by atoms with Crippen molar-refractivity contribution in [1.29, 1.82) is 0 Å². The van der Waals surface area contributed by atoms with E-state index in [1.807, 2.05) is 24.3 Å². The number of rotatable bonds is 4. The first-order valence-corrected chi connectivity index (χ1v) is 8.87. The van der Waals surface area contributed by atoms with Gasteiger partial charge in [-0.15, -0.1) is 0 Å². The highest BCUT2D eigenvalue weighted by atomic mass is 16.5. The molecule has 1 unspecified atom stereocenters. The Kier molecular flexibility index (Phi) is 4.40. The fourth-order valence-electron chi connectivity index (χ4n) is 3.80. The third kappa shape index (κ3) is 3.06. The van der Waals surface area contributed by atoms with E-state index in [-0.39, 0.29) is 0 Å². The molecule has 0 amide bonds. The number of esters is 1. The van der Waals surface area contributed by atoms with Crippen molar-refractivity contribution >= 4 is 5.97 Å². The van der Waals surface area contributed by atoms with Gasteiger partial charge in [-0.3, -0.25) is 0 Å². The first kappa shape index (κ1) is 16.3. The number of aryl methyl sites for hydroxylation is 1. The molecule has 0 fully saturated rings. The van der Waals surface area contributed by atoms with E-state index >= 15 is 0 Å². The summed E-state index contributed by atoms with van der Waals surface area (Å²) < 4.78 is 5.17. The van der Waals surface area contributed by atoms with Gasteiger partial charge < -0.3 is 4.74 Å². The van der Waals surface area contributed by atoms with E-state index in [9.17, 15) is 4.79 Å². The third-order valence-corrected chi connectivity index (χ3v) is 5.02. The van der Waals surface area contributed by atoms with Crippen molar-refractivity contribution in [1.82, 2.24) is 0 Å². The molecule has 0 aromatic heterocycles. The number of benzene rings is 3. The highest BCUT2D eigenvalue weighted by Crippen LogP contribution is 2.41. The lowest BCUT2D eigenvalue weighted by Gasteiger charge is -2.17. The minimum atomic E-state index is -0.444. The van der Waals surface area contributed by atoms with Crippen LogP contribution in [0.25, 0.3) is 11.1 Å². The quantitative estimate of drug-likeness (QED) is 0.355. The average molecular weight is 340 g/mol. The van der Waals surface area contributed by atoms with Gasteiger partial charge in [0.15, 0.2) is 0 Å². The van der Waals surface area contributed by atoms with E-state index in [0.29, 0.717) is 11.7 Å². The summed E-state index contributed by atoms with van der Waals surface area (Å²) in [6, 6.07) is 25.0. The number of ether oxygens (including phenoxy) is 1. The molecule has 128 valence electrons. The Morgan fingerprint density at radius 2 is 1.62 bits per heavy atom. The van der Waals surface area contributed by atoms with Crippen LogP contribution in [0, 0.1) is 0 Å². The molecule has 1 aliphatic rings. The Balaban J connectivity index is 1.69. The summed E-state index contributed by atoms with van der Waals surface area (Å²) in [7, 11) is 0. The van der Waals surface area contributed by atoms with Crippen LogP contribution >= 0.6 is 0 Å². The summed E-state index contributed by atoms with van der Waals surface area (Å²) in [6.45, 7) is 3.42.